The highest BCUT2D eigenvalue weighted by molar-refractivity contribution is 5.96. The Morgan fingerprint density at radius 3 is 2.74 bits per heavy atom. The third-order valence-electron chi connectivity index (χ3n) is 3.54. The second kappa shape index (κ2) is 6.43. The van der Waals surface area contributed by atoms with Crippen LogP contribution in [-0.4, -0.2) is 21.8 Å². The average Bonchev–Trinajstić information content (AvgIpc) is 3.38. The molecule has 0 radical (unpaired) electrons. The maximum absolute atomic E-state index is 12.0. The largest absolute Gasteiger partial charge is 0.382 e. The number of anilines is 2. The molecular formula is C16H17N5O2. The monoisotopic (exact) mass is 311 g/mol. The van der Waals surface area contributed by atoms with Gasteiger partial charge in [0.2, 0.25) is 5.91 Å². The van der Waals surface area contributed by atoms with E-state index in [2.05, 4.69) is 20.6 Å². The number of carbonyl (C=O) groups excluding carboxylic acids is 2. The highest BCUT2D eigenvalue weighted by Gasteiger charge is 2.29. The van der Waals surface area contributed by atoms with Gasteiger partial charge in [0.05, 0.1) is 0 Å². The molecule has 2 aromatic rings. The first-order chi connectivity index (χ1) is 11.1. The summed E-state index contributed by atoms with van der Waals surface area (Å²) in [5, 5.41) is 5.62. The molecule has 23 heavy (non-hydrogen) atoms. The fourth-order valence-electron chi connectivity index (χ4n) is 2.14. The van der Waals surface area contributed by atoms with Gasteiger partial charge in [-0.25, -0.2) is 9.97 Å². The maximum atomic E-state index is 12.0. The third kappa shape index (κ3) is 3.82. The Kier molecular flexibility index (Phi) is 4.18. The molecule has 0 unspecified atom stereocenters. The number of nitrogens with one attached hydrogen (secondary N) is 2. The highest BCUT2D eigenvalue weighted by atomic mass is 16.2. The Morgan fingerprint density at radius 2 is 2.00 bits per heavy atom. The van der Waals surface area contributed by atoms with Crippen LogP contribution in [0.4, 0.5) is 11.5 Å². The van der Waals surface area contributed by atoms with E-state index < -0.39 is 0 Å². The SMILES string of the molecule is Nc1nccnc1C(=O)NCc1cccc(NC(=O)C2CC2)c1. The number of rotatable bonds is 5. The van der Waals surface area contributed by atoms with Crippen molar-refractivity contribution in [2.75, 3.05) is 11.1 Å². The van der Waals surface area contributed by atoms with Gasteiger partial charge in [0.15, 0.2) is 11.5 Å². The van der Waals surface area contributed by atoms with Crippen LogP contribution in [0.2, 0.25) is 0 Å². The van der Waals surface area contributed by atoms with Gasteiger partial charge in [-0.3, -0.25) is 9.59 Å². The van der Waals surface area contributed by atoms with Gasteiger partial charge in [-0.15, -0.1) is 0 Å². The Morgan fingerprint density at radius 1 is 1.22 bits per heavy atom. The first-order valence-electron chi connectivity index (χ1n) is 7.38. The van der Waals surface area contributed by atoms with Crippen molar-refractivity contribution >= 4 is 23.3 Å². The van der Waals surface area contributed by atoms with Crippen molar-refractivity contribution in [3.05, 3.63) is 47.9 Å². The van der Waals surface area contributed by atoms with Gasteiger partial charge in [0.1, 0.15) is 0 Å². The maximum Gasteiger partial charge on any atom is 0.273 e. The van der Waals surface area contributed by atoms with Crippen molar-refractivity contribution in [1.82, 2.24) is 15.3 Å². The standard InChI is InChI=1S/C16H17N5O2/c17-14-13(18-6-7-19-14)16(23)20-9-10-2-1-3-12(8-10)21-15(22)11-4-5-11/h1-3,6-8,11H,4-5,9H2,(H2,17,19)(H,20,23)(H,21,22). The molecule has 0 saturated heterocycles. The number of benzene rings is 1. The van der Waals surface area contributed by atoms with Gasteiger partial charge in [0.25, 0.3) is 5.91 Å². The van der Waals surface area contributed by atoms with Crippen LogP contribution in [0.1, 0.15) is 28.9 Å². The zero-order chi connectivity index (χ0) is 16.2. The number of hydrogen-bond donors (Lipinski definition) is 3. The summed E-state index contributed by atoms with van der Waals surface area (Å²) >= 11 is 0. The summed E-state index contributed by atoms with van der Waals surface area (Å²) in [7, 11) is 0. The molecule has 7 nitrogen and oxygen atoms in total. The van der Waals surface area contributed by atoms with Gasteiger partial charge in [0, 0.05) is 30.5 Å². The van der Waals surface area contributed by atoms with Crippen molar-refractivity contribution in [1.29, 1.82) is 0 Å². The summed E-state index contributed by atoms with van der Waals surface area (Å²) in [5.74, 6) is -0.0880. The molecule has 0 atom stereocenters. The molecule has 1 aliphatic carbocycles. The van der Waals surface area contributed by atoms with Gasteiger partial charge in [-0.05, 0) is 30.5 Å². The second-order valence-corrected chi connectivity index (χ2v) is 5.44. The number of aromatic nitrogens is 2. The zero-order valence-electron chi connectivity index (χ0n) is 12.5. The third-order valence-corrected chi connectivity index (χ3v) is 3.54. The number of hydrogen-bond acceptors (Lipinski definition) is 5. The molecular weight excluding hydrogens is 294 g/mol. The molecule has 1 aromatic carbocycles. The van der Waals surface area contributed by atoms with E-state index in [4.69, 9.17) is 5.73 Å². The molecule has 1 heterocycles. The number of nitrogens with zero attached hydrogens (tertiary/aromatic N) is 2. The predicted molar refractivity (Wildman–Crippen MR) is 85.4 cm³/mol. The molecule has 0 bridgehead atoms. The van der Waals surface area contributed by atoms with Crippen LogP contribution in [0.25, 0.3) is 0 Å². The lowest BCUT2D eigenvalue weighted by atomic mass is 10.2. The van der Waals surface area contributed by atoms with E-state index in [1.165, 1.54) is 12.4 Å². The summed E-state index contributed by atoms with van der Waals surface area (Å²) < 4.78 is 0. The molecule has 2 amide bonds. The van der Waals surface area contributed by atoms with Crippen molar-refractivity contribution in [3.8, 4) is 0 Å². The lowest BCUT2D eigenvalue weighted by molar-refractivity contribution is -0.117. The molecule has 3 rings (SSSR count). The van der Waals surface area contributed by atoms with Gasteiger partial charge in [-0.1, -0.05) is 12.1 Å². The fourth-order valence-corrected chi connectivity index (χ4v) is 2.14. The number of amides is 2. The highest BCUT2D eigenvalue weighted by Crippen LogP contribution is 2.30. The predicted octanol–water partition coefficient (Wildman–Crippen LogP) is 1.34. The Hall–Kier alpha value is -2.96. The minimum absolute atomic E-state index is 0.0542. The molecule has 1 saturated carbocycles. The van der Waals surface area contributed by atoms with E-state index in [0.29, 0.717) is 6.54 Å². The average molecular weight is 311 g/mol. The van der Waals surface area contributed by atoms with Crippen LogP contribution in [0, 0.1) is 5.92 Å². The number of nitrogens with two attached hydrogens (primary N) is 1. The zero-order valence-corrected chi connectivity index (χ0v) is 12.5. The van der Waals surface area contributed by atoms with Crippen LogP contribution in [0.3, 0.4) is 0 Å². The molecule has 7 heteroatoms. The van der Waals surface area contributed by atoms with E-state index in [9.17, 15) is 9.59 Å². The lowest BCUT2D eigenvalue weighted by Gasteiger charge is -2.09. The quantitative estimate of drug-likeness (QED) is 0.772. The van der Waals surface area contributed by atoms with Crippen LogP contribution < -0.4 is 16.4 Å². The van der Waals surface area contributed by atoms with E-state index in [0.717, 1.165) is 24.1 Å². The smallest absolute Gasteiger partial charge is 0.273 e. The molecule has 0 aliphatic heterocycles. The summed E-state index contributed by atoms with van der Waals surface area (Å²) in [4.78, 5) is 31.5. The molecule has 4 N–H and O–H groups in total. The van der Waals surface area contributed by atoms with Crippen molar-refractivity contribution in [2.24, 2.45) is 5.92 Å². The van der Waals surface area contributed by atoms with Gasteiger partial charge < -0.3 is 16.4 Å². The Bertz CT molecular complexity index is 743. The minimum atomic E-state index is -0.386. The summed E-state index contributed by atoms with van der Waals surface area (Å²) in [6.45, 7) is 0.308. The normalized spacial score (nSPS) is 13.4. The van der Waals surface area contributed by atoms with Crippen LogP contribution in [0.5, 0.6) is 0 Å². The van der Waals surface area contributed by atoms with Crippen LogP contribution >= 0.6 is 0 Å². The molecule has 1 fully saturated rings. The van der Waals surface area contributed by atoms with Gasteiger partial charge in [-0.2, -0.15) is 0 Å². The number of nitrogen functional groups attached to an aromatic ring is 1. The van der Waals surface area contributed by atoms with Crippen LogP contribution in [-0.2, 0) is 11.3 Å². The second-order valence-electron chi connectivity index (χ2n) is 5.44. The molecule has 118 valence electrons. The summed E-state index contributed by atoms with van der Waals surface area (Å²) in [6.07, 6.45) is 4.76. The lowest BCUT2D eigenvalue weighted by Crippen LogP contribution is -2.25. The minimum Gasteiger partial charge on any atom is -0.382 e. The fraction of sp³-hybridized carbons (Fsp3) is 0.250. The number of carbonyl (C=O) groups is 2. The van der Waals surface area contributed by atoms with E-state index in [1.807, 2.05) is 24.3 Å². The molecule has 1 aromatic heterocycles. The van der Waals surface area contributed by atoms with E-state index in [-0.39, 0.29) is 29.2 Å². The first-order valence-corrected chi connectivity index (χ1v) is 7.38. The van der Waals surface area contributed by atoms with E-state index >= 15 is 0 Å². The van der Waals surface area contributed by atoms with Crippen molar-refractivity contribution in [3.63, 3.8) is 0 Å². The van der Waals surface area contributed by atoms with Gasteiger partial charge >= 0.3 is 0 Å². The summed E-state index contributed by atoms with van der Waals surface area (Å²) in [5.41, 5.74) is 7.32. The molecule has 0 spiro atoms. The molecule has 1 aliphatic rings. The van der Waals surface area contributed by atoms with Crippen LogP contribution in [0.15, 0.2) is 36.7 Å². The first kappa shape index (κ1) is 15.0. The van der Waals surface area contributed by atoms with Crippen molar-refractivity contribution in [2.45, 2.75) is 19.4 Å². The topological polar surface area (TPSA) is 110 Å². The Balaban J connectivity index is 1.60. The van der Waals surface area contributed by atoms with E-state index in [1.54, 1.807) is 0 Å². The summed E-state index contributed by atoms with van der Waals surface area (Å²) in [6, 6.07) is 7.36. The Labute approximate surface area is 133 Å². The van der Waals surface area contributed by atoms with Crippen molar-refractivity contribution < 1.29 is 9.59 Å².